The average Bonchev–Trinajstić information content (AvgIpc) is 2.52. The largest absolute Gasteiger partial charge is 0.497 e. The van der Waals surface area contributed by atoms with Crippen LogP contribution < -0.4 is 4.74 Å². The molecule has 26 heavy (non-hydrogen) atoms. The summed E-state index contributed by atoms with van der Waals surface area (Å²) in [4.78, 5) is 25.2. The average molecular weight is 371 g/mol. The normalized spacial score (nSPS) is 20.6. The number of rotatable bonds is 3. The lowest BCUT2D eigenvalue weighted by Crippen LogP contribution is -2.47. The number of hydrogen-bond acceptors (Lipinski definition) is 4. The number of benzene rings is 1. The van der Waals surface area contributed by atoms with Crippen LogP contribution in [0.5, 0.6) is 5.75 Å². The zero-order valence-electron chi connectivity index (χ0n) is 15.2. The maximum atomic E-state index is 14.5. The number of methoxy groups -OCH3 is 1. The van der Waals surface area contributed by atoms with E-state index in [2.05, 4.69) is 0 Å². The van der Waals surface area contributed by atoms with E-state index in [0.29, 0.717) is 0 Å². The minimum Gasteiger partial charge on any atom is -0.497 e. The summed E-state index contributed by atoms with van der Waals surface area (Å²) in [5.74, 6) is -5.00. The first-order valence-corrected chi connectivity index (χ1v) is 8.27. The number of carbonyl (C=O) groups is 2. The van der Waals surface area contributed by atoms with E-state index in [-0.39, 0.29) is 30.8 Å². The van der Waals surface area contributed by atoms with Gasteiger partial charge in [0.15, 0.2) is 0 Å². The first kappa shape index (κ1) is 19.9. The predicted molar refractivity (Wildman–Crippen MR) is 89.2 cm³/mol. The van der Waals surface area contributed by atoms with Gasteiger partial charge in [-0.15, -0.1) is 0 Å². The number of carbonyl (C=O) groups excluding carboxylic acids is 1. The minimum atomic E-state index is -1.16. The highest BCUT2D eigenvalue weighted by Crippen LogP contribution is 2.37. The van der Waals surface area contributed by atoms with Crippen molar-refractivity contribution >= 4 is 12.1 Å². The molecule has 0 saturated carbocycles. The molecular formula is C18H23F2NO5. The van der Waals surface area contributed by atoms with Crippen molar-refractivity contribution in [1.82, 2.24) is 4.90 Å². The van der Waals surface area contributed by atoms with Crippen molar-refractivity contribution in [1.29, 1.82) is 0 Å². The van der Waals surface area contributed by atoms with Crippen LogP contribution in [0, 0.1) is 17.6 Å². The smallest absolute Gasteiger partial charge is 0.410 e. The number of aliphatic carboxylic acids is 1. The van der Waals surface area contributed by atoms with Gasteiger partial charge in [0.25, 0.3) is 0 Å². The van der Waals surface area contributed by atoms with Gasteiger partial charge in [-0.1, -0.05) is 0 Å². The van der Waals surface area contributed by atoms with Gasteiger partial charge in [0.2, 0.25) is 0 Å². The molecule has 8 heteroatoms. The highest BCUT2D eigenvalue weighted by Gasteiger charge is 2.40. The molecule has 144 valence electrons. The van der Waals surface area contributed by atoms with E-state index in [9.17, 15) is 23.5 Å². The molecule has 1 heterocycles. The fraction of sp³-hybridized carbons (Fsp3) is 0.556. The van der Waals surface area contributed by atoms with Crippen LogP contribution in [0.15, 0.2) is 12.1 Å². The number of carboxylic acids is 1. The van der Waals surface area contributed by atoms with Gasteiger partial charge in [-0.3, -0.25) is 4.79 Å². The molecule has 0 aliphatic carbocycles. The number of amides is 1. The van der Waals surface area contributed by atoms with Crippen molar-refractivity contribution in [3.8, 4) is 5.75 Å². The van der Waals surface area contributed by atoms with E-state index in [4.69, 9.17) is 9.47 Å². The molecule has 1 N–H and O–H groups in total. The summed E-state index contributed by atoms with van der Waals surface area (Å²) in [6, 6.07) is 2.01. The fourth-order valence-corrected chi connectivity index (χ4v) is 3.07. The SMILES string of the molecule is COc1cc(F)c([C@@H]2CN(C(=O)OC(C)(C)C)CC[C@H]2C(=O)O)c(F)c1. The van der Waals surface area contributed by atoms with Crippen molar-refractivity contribution in [3.05, 3.63) is 29.3 Å². The highest BCUT2D eigenvalue weighted by molar-refractivity contribution is 5.73. The number of likely N-dealkylation sites (tertiary alicyclic amines) is 1. The Kier molecular flexibility index (Phi) is 5.73. The third-order valence-corrected chi connectivity index (χ3v) is 4.24. The second kappa shape index (κ2) is 7.47. The molecule has 1 fully saturated rings. The maximum absolute atomic E-state index is 14.5. The Balaban J connectivity index is 2.36. The molecule has 0 aromatic heterocycles. The molecule has 1 saturated heterocycles. The lowest BCUT2D eigenvalue weighted by molar-refractivity contribution is -0.144. The Morgan fingerprint density at radius 1 is 1.23 bits per heavy atom. The quantitative estimate of drug-likeness (QED) is 0.881. The summed E-state index contributed by atoms with van der Waals surface area (Å²) in [7, 11) is 1.28. The summed E-state index contributed by atoms with van der Waals surface area (Å²) in [6.07, 6.45) is -0.565. The van der Waals surface area contributed by atoms with Crippen LogP contribution in [-0.4, -0.2) is 47.9 Å². The van der Waals surface area contributed by atoms with Gasteiger partial charge in [-0.2, -0.15) is 0 Å². The van der Waals surface area contributed by atoms with E-state index in [1.165, 1.54) is 12.0 Å². The first-order valence-electron chi connectivity index (χ1n) is 8.27. The third kappa shape index (κ3) is 4.42. The van der Waals surface area contributed by atoms with Crippen LogP contribution in [0.2, 0.25) is 0 Å². The number of carboxylic acid groups (broad SMARTS) is 1. The Hall–Kier alpha value is -2.38. The molecule has 1 aromatic carbocycles. The number of nitrogens with zero attached hydrogens (tertiary/aromatic N) is 1. The molecule has 0 unspecified atom stereocenters. The van der Waals surface area contributed by atoms with Gasteiger partial charge >= 0.3 is 12.1 Å². The molecular weight excluding hydrogens is 348 g/mol. The van der Waals surface area contributed by atoms with Crippen LogP contribution >= 0.6 is 0 Å². The molecule has 0 spiro atoms. The molecule has 1 aliphatic heterocycles. The van der Waals surface area contributed by atoms with E-state index in [0.717, 1.165) is 12.1 Å². The lowest BCUT2D eigenvalue weighted by atomic mass is 9.80. The Morgan fingerprint density at radius 3 is 2.27 bits per heavy atom. The summed E-state index contributed by atoms with van der Waals surface area (Å²) in [5.41, 5.74) is -1.08. The van der Waals surface area contributed by atoms with Crippen molar-refractivity contribution < 1.29 is 33.0 Å². The van der Waals surface area contributed by atoms with Crippen molar-refractivity contribution in [2.24, 2.45) is 5.92 Å². The van der Waals surface area contributed by atoms with Gasteiger partial charge < -0.3 is 19.5 Å². The van der Waals surface area contributed by atoms with Crippen molar-refractivity contribution in [2.75, 3.05) is 20.2 Å². The minimum absolute atomic E-state index is 0.00423. The van der Waals surface area contributed by atoms with Crippen LogP contribution in [-0.2, 0) is 9.53 Å². The molecule has 2 atom stereocenters. The number of hydrogen-bond donors (Lipinski definition) is 1. The molecule has 0 radical (unpaired) electrons. The Morgan fingerprint density at radius 2 is 1.81 bits per heavy atom. The summed E-state index contributed by atoms with van der Waals surface area (Å²) >= 11 is 0. The first-order chi connectivity index (χ1) is 12.0. The fourth-order valence-electron chi connectivity index (χ4n) is 3.07. The predicted octanol–water partition coefficient (Wildman–Crippen LogP) is 3.40. The van der Waals surface area contributed by atoms with E-state index < -0.39 is 41.1 Å². The van der Waals surface area contributed by atoms with E-state index in [1.807, 2.05) is 0 Å². The van der Waals surface area contributed by atoms with Crippen molar-refractivity contribution in [3.63, 3.8) is 0 Å². The van der Waals surface area contributed by atoms with E-state index >= 15 is 0 Å². The number of ether oxygens (including phenoxy) is 2. The zero-order chi connectivity index (χ0) is 19.6. The molecule has 1 amide bonds. The summed E-state index contributed by atoms with van der Waals surface area (Å²) in [6.45, 7) is 5.10. The maximum Gasteiger partial charge on any atom is 0.410 e. The summed E-state index contributed by atoms with van der Waals surface area (Å²) < 4.78 is 39.1. The molecule has 0 bridgehead atoms. The zero-order valence-corrected chi connectivity index (χ0v) is 15.2. The van der Waals surface area contributed by atoms with Gasteiger partial charge in [-0.05, 0) is 27.2 Å². The summed E-state index contributed by atoms with van der Waals surface area (Å²) in [5, 5.41) is 9.46. The van der Waals surface area contributed by atoms with Crippen molar-refractivity contribution in [2.45, 2.75) is 38.7 Å². The topological polar surface area (TPSA) is 76.1 Å². The van der Waals surface area contributed by atoms with Crippen LogP contribution in [0.1, 0.15) is 38.7 Å². The third-order valence-electron chi connectivity index (χ3n) is 4.24. The highest BCUT2D eigenvalue weighted by atomic mass is 19.1. The molecule has 1 aromatic rings. The molecule has 6 nitrogen and oxygen atoms in total. The van der Waals surface area contributed by atoms with Crippen LogP contribution in [0.3, 0.4) is 0 Å². The van der Waals surface area contributed by atoms with Gasteiger partial charge in [0.05, 0.1) is 13.0 Å². The second-order valence-corrected chi connectivity index (χ2v) is 7.27. The number of piperidine rings is 1. The van der Waals surface area contributed by atoms with Crippen LogP contribution in [0.4, 0.5) is 13.6 Å². The second-order valence-electron chi connectivity index (χ2n) is 7.27. The molecule has 1 aliphatic rings. The number of halogens is 2. The monoisotopic (exact) mass is 371 g/mol. The molecule has 2 rings (SSSR count). The Labute approximate surface area is 150 Å². The van der Waals surface area contributed by atoms with Gasteiger partial charge in [0.1, 0.15) is 23.0 Å². The standard InChI is InChI=1S/C18H23F2NO5/c1-18(2,3)26-17(24)21-6-5-11(16(22)23)12(9-21)15-13(19)7-10(25-4)8-14(15)20/h7-8,11-12H,5-6,9H2,1-4H3,(H,22,23)/t11-,12-/m1/s1. The lowest BCUT2D eigenvalue weighted by Gasteiger charge is -2.37. The van der Waals surface area contributed by atoms with E-state index in [1.54, 1.807) is 20.8 Å². The van der Waals surface area contributed by atoms with Crippen LogP contribution in [0.25, 0.3) is 0 Å². The van der Waals surface area contributed by atoms with Gasteiger partial charge in [0, 0.05) is 36.7 Å². The Bertz CT molecular complexity index is 678. The van der Waals surface area contributed by atoms with Gasteiger partial charge in [-0.25, -0.2) is 13.6 Å².